The summed E-state index contributed by atoms with van der Waals surface area (Å²) in [5.41, 5.74) is 2.29. The van der Waals surface area contributed by atoms with Gasteiger partial charge in [0.25, 0.3) is 5.91 Å². The van der Waals surface area contributed by atoms with E-state index in [9.17, 15) is 14.4 Å². The van der Waals surface area contributed by atoms with Crippen molar-refractivity contribution in [2.75, 3.05) is 19.6 Å². The predicted molar refractivity (Wildman–Crippen MR) is 114 cm³/mol. The average molecular weight is 428 g/mol. The van der Waals surface area contributed by atoms with E-state index in [0.29, 0.717) is 43.9 Å². The van der Waals surface area contributed by atoms with Gasteiger partial charge in [-0.05, 0) is 24.8 Å². The van der Waals surface area contributed by atoms with E-state index >= 15 is 0 Å². The molecule has 0 bridgehead atoms. The van der Waals surface area contributed by atoms with Crippen molar-refractivity contribution in [3.8, 4) is 0 Å². The molecule has 31 heavy (non-hydrogen) atoms. The molecule has 1 unspecified atom stereocenters. The fraction of sp³-hybridized carbons (Fsp3) is 0.500. The lowest BCUT2D eigenvalue weighted by molar-refractivity contribution is -0.152. The lowest BCUT2D eigenvalue weighted by Crippen LogP contribution is -2.45. The number of amidine groups is 1. The largest absolute Gasteiger partial charge is 0.475 e. The van der Waals surface area contributed by atoms with Crippen LogP contribution in [0, 0.1) is 11.3 Å². The highest BCUT2D eigenvalue weighted by atomic mass is 16.6. The molecule has 0 spiro atoms. The van der Waals surface area contributed by atoms with E-state index in [1.165, 1.54) is 0 Å². The summed E-state index contributed by atoms with van der Waals surface area (Å²) in [7, 11) is 0. The minimum absolute atomic E-state index is 0.196. The smallest absolute Gasteiger partial charge is 0.372 e. The molecule has 3 N–H and O–H groups in total. The monoisotopic (exact) mass is 428 g/mol. The number of carboxylic acid groups (broad SMARTS) is 1. The molecule has 2 aliphatic rings. The van der Waals surface area contributed by atoms with Crippen LogP contribution in [0.15, 0.2) is 29.4 Å². The van der Waals surface area contributed by atoms with Crippen molar-refractivity contribution in [3.05, 3.63) is 35.4 Å². The Morgan fingerprint density at radius 3 is 2.52 bits per heavy atom. The van der Waals surface area contributed by atoms with Crippen molar-refractivity contribution in [3.63, 3.8) is 0 Å². The minimum Gasteiger partial charge on any atom is -0.475 e. The molecule has 0 aromatic heterocycles. The van der Waals surface area contributed by atoms with E-state index in [-0.39, 0.29) is 5.91 Å². The van der Waals surface area contributed by atoms with Crippen LogP contribution in [0.5, 0.6) is 0 Å². The van der Waals surface area contributed by atoms with Gasteiger partial charge in [-0.2, -0.15) is 0 Å². The number of ketones is 1. The van der Waals surface area contributed by atoms with Crippen LogP contribution in [0.25, 0.3) is 0 Å². The third-order valence-electron chi connectivity index (χ3n) is 5.67. The Bertz CT molecular complexity index is 872. The first-order valence-electron chi connectivity index (χ1n) is 10.6. The summed E-state index contributed by atoms with van der Waals surface area (Å²) in [6.45, 7) is 3.53. The maximum Gasteiger partial charge on any atom is 0.372 e. The molecule has 166 valence electrons. The van der Waals surface area contributed by atoms with Crippen molar-refractivity contribution in [1.29, 1.82) is 5.41 Å². The number of rotatable bonds is 8. The molecule has 1 amide bonds. The average Bonchev–Trinajstić information content (AvgIpc) is 3.28. The van der Waals surface area contributed by atoms with Crippen LogP contribution in [-0.2, 0) is 19.2 Å². The minimum atomic E-state index is -1.42. The molecule has 1 saturated heterocycles. The van der Waals surface area contributed by atoms with Crippen LogP contribution in [0.2, 0.25) is 0 Å². The Morgan fingerprint density at radius 2 is 1.90 bits per heavy atom. The molecule has 1 fully saturated rings. The van der Waals surface area contributed by atoms with Crippen LogP contribution in [0.3, 0.4) is 0 Å². The normalized spacial score (nSPS) is 18.8. The number of carboxylic acids is 1. The second-order valence-electron chi connectivity index (χ2n) is 7.84. The van der Waals surface area contributed by atoms with Gasteiger partial charge < -0.3 is 20.2 Å². The van der Waals surface area contributed by atoms with Crippen molar-refractivity contribution in [2.45, 2.75) is 45.1 Å². The number of unbranched alkanes of at least 4 members (excludes halogenated alkanes) is 1. The number of nitrogens with one attached hydrogen (secondary N) is 2. The molecule has 9 heteroatoms. The SMILES string of the molecule is CCCCNC(=N)c1ccc(C2=NOC(C(=O)N3CCC(C(=O)C(=O)O)CC3)C2)cc1. The summed E-state index contributed by atoms with van der Waals surface area (Å²) in [4.78, 5) is 42.2. The van der Waals surface area contributed by atoms with E-state index in [2.05, 4.69) is 17.4 Å². The number of nitrogens with zero attached hydrogens (tertiary/aromatic N) is 2. The highest BCUT2D eigenvalue weighted by molar-refractivity contribution is 6.33. The van der Waals surface area contributed by atoms with Gasteiger partial charge in [-0.3, -0.25) is 15.0 Å². The zero-order valence-corrected chi connectivity index (χ0v) is 17.6. The summed E-state index contributed by atoms with van der Waals surface area (Å²) in [6, 6.07) is 7.42. The summed E-state index contributed by atoms with van der Waals surface area (Å²) >= 11 is 0. The van der Waals surface area contributed by atoms with Gasteiger partial charge in [-0.15, -0.1) is 0 Å². The topological polar surface area (TPSA) is 132 Å². The molecule has 0 saturated carbocycles. The number of likely N-dealkylation sites (tertiary alicyclic amines) is 1. The van der Waals surface area contributed by atoms with E-state index < -0.39 is 23.8 Å². The highest BCUT2D eigenvalue weighted by Crippen LogP contribution is 2.23. The molecule has 1 aromatic rings. The highest BCUT2D eigenvalue weighted by Gasteiger charge is 2.36. The molecule has 0 radical (unpaired) electrons. The lowest BCUT2D eigenvalue weighted by Gasteiger charge is -2.31. The Hall–Kier alpha value is -3.23. The maximum atomic E-state index is 12.7. The first-order chi connectivity index (χ1) is 14.9. The van der Waals surface area contributed by atoms with Crippen molar-refractivity contribution in [2.24, 2.45) is 11.1 Å². The number of carbonyl (C=O) groups is 3. The third kappa shape index (κ3) is 5.48. The standard InChI is InChI=1S/C22H28N4O5/c1-2-3-10-24-20(23)16-6-4-14(5-7-16)17-13-18(31-25-17)21(28)26-11-8-15(9-12-26)19(27)22(29)30/h4-7,15,18H,2-3,8-13H2,1H3,(H2,23,24)(H,29,30). The summed E-state index contributed by atoms with van der Waals surface area (Å²) < 4.78 is 0. The van der Waals surface area contributed by atoms with Gasteiger partial charge in [0.15, 0.2) is 0 Å². The van der Waals surface area contributed by atoms with E-state index in [4.69, 9.17) is 15.4 Å². The Labute approximate surface area is 180 Å². The van der Waals surface area contributed by atoms with Gasteiger partial charge in [-0.1, -0.05) is 42.8 Å². The molecular formula is C22H28N4O5. The van der Waals surface area contributed by atoms with Crippen LogP contribution in [-0.4, -0.2) is 65.0 Å². The van der Waals surface area contributed by atoms with Gasteiger partial charge in [0.05, 0.1) is 5.71 Å². The summed E-state index contributed by atoms with van der Waals surface area (Å²) in [6.07, 6.45) is 2.40. The molecule has 1 atom stereocenters. The Balaban J connectivity index is 1.51. The molecule has 3 rings (SSSR count). The zero-order chi connectivity index (χ0) is 22.4. The van der Waals surface area contributed by atoms with Gasteiger partial charge in [-0.25, -0.2) is 4.79 Å². The molecule has 2 heterocycles. The predicted octanol–water partition coefficient (Wildman–Crippen LogP) is 1.79. The second-order valence-corrected chi connectivity index (χ2v) is 7.84. The van der Waals surface area contributed by atoms with E-state index in [1.54, 1.807) is 4.90 Å². The number of aliphatic carboxylic acids is 1. The summed E-state index contributed by atoms with van der Waals surface area (Å²) in [5, 5.41) is 24.1. The number of carbonyl (C=O) groups excluding carboxylic acids is 2. The van der Waals surface area contributed by atoms with Gasteiger partial charge in [0.1, 0.15) is 5.84 Å². The number of hydrogen-bond acceptors (Lipinski definition) is 6. The van der Waals surface area contributed by atoms with E-state index in [1.807, 2.05) is 24.3 Å². The summed E-state index contributed by atoms with van der Waals surface area (Å²) in [5.74, 6) is -2.56. The van der Waals surface area contributed by atoms with Gasteiger partial charge in [0.2, 0.25) is 11.9 Å². The molecular weight excluding hydrogens is 400 g/mol. The number of Topliss-reactive ketones (excluding diaryl/α,β-unsaturated/α-hetero) is 1. The Kier molecular flexibility index (Phi) is 7.38. The number of piperidine rings is 1. The molecule has 2 aliphatic heterocycles. The fourth-order valence-electron chi connectivity index (χ4n) is 3.74. The number of oxime groups is 1. The fourth-order valence-corrected chi connectivity index (χ4v) is 3.74. The second kappa shape index (κ2) is 10.2. The first kappa shape index (κ1) is 22.5. The number of amides is 1. The zero-order valence-electron chi connectivity index (χ0n) is 17.6. The van der Waals surface area contributed by atoms with Crippen LogP contribution in [0.4, 0.5) is 0 Å². The van der Waals surface area contributed by atoms with Crippen LogP contribution < -0.4 is 5.32 Å². The first-order valence-corrected chi connectivity index (χ1v) is 10.6. The van der Waals surface area contributed by atoms with Gasteiger partial charge >= 0.3 is 5.97 Å². The number of benzene rings is 1. The van der Waals surface area contributed by atoms with Crippen LogP contribution in [0.1, 0.15) is 50.2 Å². The molecule has 1 aromatic carbocycles. The van der Waals surface area contributed by atoms with Crippen LogP contribution >= 0.6 is 0 Å². The molecule has 9 nitrogen and oxygen atoms in total. The number of hydrogen-bond donors (Lipinski definition) is 3. The van der Waals surface area contributed by atoms with E-state index in [0.717, 1.165) is 30.5 Å². The third-order valence-corrected chi connectivity index (χ3v) is 5.67. The quantitative estimate of drug-likeness (QED) is 0.250. The van der Waals surface area contributed by atoms with Crippen molar-refractivity contribution < 1.29 is 24.3 Å². The maximum absolute atomic E-state index is 12.7. The van der Waals surface area contributed by atoms with Crippen molar-refractivity contribution in [1.82, 2.24) is 10.2 Å². The Morgan fingerprint density at radius 1 is 1.23 bits per heavy atom. The lowest BCUT2D eigenvalue weighted by atomic mass is 9.92. The van der Waals surface area contributed by atoms with Crippen molar-refractivity contribution >= 4 is 29.2 Å². The molecule has 0 aliphatic carbocycles. The van der Waals surface area contributed by atoms with Gasteiger partial charge in [0, 0.05) is 37.5 Å².